The summed E-state index contributed by atoms with van der Waals surface area (Å²) in [4.78, 5) is 8.20. The molecule has 0 bridgehead atoms. The zero-order valence-electron chi connectivity index (χ0n) is 15.3. The molecule has 7 nitrogen and oxygen atoms in total. The predicted molar refractivity (Wildman–Crippen MR) is 108 cm³/mol. The van der Waals surface area contributed by atoms with Crippen LogP contribution in [0.1, 0.15) is 29.3 Å². The van der Waals surface area contributed by atoms with Crippen LogP contribution in [-0.4, -0.2) is 36.5 Å². The summed E-state index contributed by atoms with van der Waals surface area (Å²) in [6.45, 7) is 0. The zero-order valence-corrected chi connectivity index (χ0v) is 16.8. The zero-order chi connectivity index (χ0) is 20.5. The van der Waals surface area contributed by atoms with Crippen molar-refractivity contribution in [3.63, 3.8) is 0 Å². The van der Waals surface area contributed by atoms with Gasteiger partial charge >= 0.3 is 0 Å². The molecule has 0 spiro atoms. The van der Waals surface area contributed by atoms with E-state index in [4.69, 9.17) is 23.1 Å². The maximum atomic E-state index is 13.7. The van der Waals surface area contributed by atoms with Gasteiger partial charge in [-0.25, -0.2) is 22.1 Å². The van der Waals surface area contributed by atoms with Gasteiger partial charge in [0.2, 0.25) is 16.0 Å². The van der Waals surface area contributed by atoms with E-state index in [2.05, 4.69) is 9.98 Å². The number of halogens is 2. The summed E-state index contributed by atoms with van der Waals surface area (Å²) in [5.74, 6) is -1.04. The predicted octanol–water partition coefficient (Wildman–Crippen LogP) is 2.26. The molecule has 10 heteroatoms. The number of benzene rings is 1. The van der Waals surface area contributed by atoms with Gasteiger partial charge in [0, 0.05) is 30.2 Å². The van der Waals surface area contributed by atoms with Crippen molar-refractivity contribution in [1.29, 1.82) is 0 Å². The van der Waals surface area contributed by atoms with Crippen molar-refractivity contribution in [3.8, 4) is 0 Å². The number of hydrogen-bond donors (Lipinski definition) is 2. The summed E-state index contributed by atoms with van der Waals surface area (Å²) < 4.78 is 38.1. The van der Waals surface area contributed by atoms with Crippen molar-refractivity contribution in [3.05, 3.63) is 58.1 Å². The highest BCUT2D eigenvalue weighted by atomic mass is 35.5. The number of aromatic nitrogens is 1. The summed E-state index contributed by atoms with van der Waals surface area (Å²) in [6.07, 6.45) is 5.25. The van der Waals surface area contributed by atoms with E-state index in [0.29, 0.717) is 5.69 Å². The van der Waals surface area contributed by atoms with Crippen molar-refractivity contribution < 1.29 is 12.8 Å². The first kappa shape index (κ1) is 20.3. The second-order valence-corrected chi connectivity index (χ2v) is 9.12. The van der Waals surface area contributed by atoms with E-state index < -0.39 is 21.9 Å². The molecule has 1 atom stereocenters. The van der Waals surface area contributed by atoms with E-state index in [0.717, 1.165) is 22.2 Å². The Labute approximate surface area is 168 Å². The van der Waals surface area contributed by atoms with Gasteiger partial charge in [0.25, 0.3) is 0 Å². The number of aliphatic imine (C=N–C) groups is 1. The molecule has 1 aromatic carbocycles. The molecule has 0 saturated carbocycles. The summed E-state index contributed by atoms with van der Waals surface area (Å²) >= 11 is 5.76. The third-order valence-electron chi connectivity index (χ3n) is 4.66. The molecule has 1 aliphatic carbocycles. The first-order valence-corrected chi connectivity index (χ1v) is 10.6. The first-order chi connectivity index (χ1) is 13.2. The number of nitrogens with two attached hydrogens (primary N) is 2. The average Bonchev–Trinajstić information content (AvgIpc) is 3.09. The van der Waals surface area contributed by atoms with Crippen LogP contribution in [0.5, 0.6) is 0 Å². The number of fused-ring (bicyclic) bond motifs is 1. The molecule has 0 saturated heterocycles. The van der Waals surface area contributed by atoms with Gasteiger partial charge in [-0.3, -0.25) is 4.98 Å². The van der Waals surface area contributed by atoms with Crippen LogP contribution in [0.25, 0.3) is 0 Å². The number of hydrogen-bond acceptors (Lipinski definition) is 6. The van der Waals surface area contributed by atoms with Gasteiger partial charge < -0.3 is 11.5 Å². The lowest BCUT2D eigenvalue weighted by molar-refractivity contribution is 0.525. The van der Waals surface area contributed by atoms with Crippen molar-refractivity contribution in [2.75, 3.05) is 18.5 Å². The molecule has 2 heterocycles. The Kier molecular flexibility index (Phi) is 5.76. The topological polar surface area (TPSA) is 115 Å². The van der Waals surface area contributed by atoms with Gasteiger partial charge in [-0.05, 0) is 49.1 Å². The van der Waals surface area contributed by atoms with Gasteiger partial charge in [-0.1, -0.05) is 11.6 Å². The monoisotopic (exact) mass is 425 g/mol. The van der Waals surface area contributed by atoms with E-state index >= 15 is 0 Å². The van der Waals surface area contributed by atoms with Crippen molar-refractivity contribution in [1.82, 2.24) is 9.29 Å². The third kappa shape index (κ3) is 4.36. The van der Waals surface area contributed by atoms with Gasteiger partial charge in [-0.15, -0.1) is 0 Å². The van der Waals surface area contributed by atoms with Gasteiger partial charge in [0.15, 0.2) is 0 Å². The normalized spacial score (nSPS) is 20.0. The van der Waals surface area contributed by atoms with Crippen molar-refractivity contribution >= 4 is 33.3 Å². The lowest BCUT2D eigenvalue weighted by Gasteiger charge is -2.27. The molecule has 2 aliphatic rings. The summed E-state index contributed by atoms with van der Waals surface area (Å²) in [7, 11) is -2.26. The van der Waals surface area contributed by atoms with Crippen LogP contribution in [0.15, 0.2) is 35.5 Å². The van der Waals surface area contributed by atoms with Crippen molar-refractivity contribution in [2.45, 2.75) is 25.3 Å². The number of nitrogens with zero attached hydrogens (tertiary/aromatic N) is 3. The summed E-state index contributed by atoms with van der Waals surface area (Å²) in [5, 5.41) is 0.764. The smallest absolute Gasteiger partial charge is 0.239 e. The van der Waals surface area contributed by atoms with Crippen LogP contribution in [-0.2, 0) is 22.9 Å². The Morgan fingerprint density at radius 2 is 2.00 bits per heavy atom. The number of sulfonamides is 1. The molecule has 1 unspecified atom stereocenters. The molecule has 0 amide bonds. The minimum Gasteiger partial charge on any atom is -0.399 e. The number of rotatable bonds is 1. The van der Waals surface area contributed by atoms with Gasteiger partial charge in [-0.2, -0.15) is 0 Å². The Hall–Kier alpha value is -2.39. The van der Waals surface area contributed by atoms with Crippen LogP contribution in [0.3, 0.4) is 0 Å². The highest BCUT2D eigenvalue weighted by Crippen LogP contribution is 2.28. The summed E-state index contributed by atoms with van der Waals surface area (Å²) in [6, 6.07) is 5.11. The number of nitrogen functional groups attached to an aromatic ring is 1. The van der Waals surface area contributed by atoms with E-state index in [9.17, 15) is 12.8 Å². The molecule has 150 valence electrons. The fourth-order valence-electron chi connectivity index (χ4n) is 3.11. The molecule has 1 aliphatic heterocycles. The second kappa shape index (κ2) is 7.92. The molecule has 0 fully saturated rings. The number of anilines is 1. The molecule has 4 rings (SSSR count). The molecule has 2 aromatic rings. The fraction of sp³-hybridized carbons (Fsp3) is 0.333. The minimum absolute atomic E-state index is 0.134. The largest absolute Gasteiger partial charge is 0.399 e. The van der Waals surface area contributed by atoms with Crippen LogP contribution in [0.4, 0.5) is 10.1 Å². The standard InChI is InChI=1S/C10H13FN4O2S.C8H8ClN/c1-15-10(13)14-9(5-18(15,16)17)7-4-6(12)2-3-8(7)11;9-7-4-6-2-1-3-8(6)10-5-7/h2-4,9H,5,12H2,1H3,(H2,13,14);4-5H,1-3H2. The van der Waals surface area contributed by atoms with Crippen LogP contribution < -0.4 is 11.5 Å². The quantitative estimate of drug-likeness (QED) is 0.680. The fourth-order valence-corrected chi connectivity index (χ4v) is 4.50. The van der Waals surface area contributed by atoms with Crippen LogP contribution >= 0.6 is 11.6 Å². The minimum atomic E-state index is -3.57. The van der Waals surface area contributed by atoms with E-state index in [1.165, 1.54) is 42.9 Å². The van der Waals surface area contributed by atoms with Gasteiger partial charge in [0.05, 0.1) is 16.8 Å². The SMILES string of the molecule is CN1C(N)=NC(c2cc(N)ccc2F)CS1(=O)=O.Clc1cnc2c(c1)CCC2. The maximum absolute atomic E-state index is 13.7. The molecular weight excluding hydrogens is 405 g/mol. The molecule has 28 heavy (non-hydrogen) atoms. The molecule has 4 N–H and O–H groups in total. The molecule has 1 aromatic heterocycles. The third-order valence-corrected chi connectivity index (χ3v) is 6.63. The number of aryl methyl sites for hydroxylation is 2. The first-order valence-electron chi connectivity index (χ1n) is 8.65. The Bertz CT molecular complexity index is 1030. The van der Waals surface area contributed by atoms with Crippen LogP contribution in [0.2, 0.25) is 5.02 Å². The number of guanidine groups is 1. The second-order valence-electron chi connectivity index (χ2n) is 6.64. The Morgan fingerprint density at radius 1 is 1.25 bits per heavy atom. The highest BCUT2D eigenvalue weighted by molar-refractivity contribution is 7.89. The van der Waals surface area contributed by atoms with E-state index in [-0.39, 0.29) is 17.3 Å². The maximum Gasteiger partial charge on any atom is 0.239 e. The Morgan fingerprint density at radius 3 is 2.71 bits per heavy atom. The lowest BCUT2D eigenvalue weighted by Crippen LogP contribution is -2.45. The molecule has 0 radical (unpaired) electrons. The van der Waals surface area contributed by atoms with Crippen LogP contribution in [0, 0.1) is 5.82 Å². The lowest BCUT2D eigenvalue weighted by atomic mass is 10.1. The van der Waals surface area contributed by atoms with Crippen molar-refractivity contribution in [2.24, 2.45) is 10.7 Å². The summed E-state index contributed by atoms with van der Waals surface area (Å²) in [5.41, 5.74) is 14.1. The highest BCUT2D eigenvalue weighted by Gasteiger charge is 2.32. The molecular formula is C18H21ClFN5O2S. The average molecular weight is 426 g/mol. The van der Waals surface area contributed by atoms with E-state index in [1.54, 1.807) is 6.20 Å². The Balaban J connectivity index is 0.000000188. The number of pyridine rings is 1. The van der Waals surface area contributed by atoms with Gasteiger partial charge in [0.1, 0.15) is 5.82 Å². The van der Waals surface area contributed by atoms with E-state index in [1.807, 2.05) is 6.07 Å².